The number of fused-ring (bicyclic) bond motifs is 3. The maximum Gasteiger partial charge on any atom is 0.407 e. The third-order valence-electron chi connectivity index (χ3n) is 6.27. The van der Waals surface area contributed by atoms with Gasteiger partial charge in [-0.2, -0.15) is 13.2 Å². The fourth-order valence-corrected chi connectivity index (χ4v) is 4.40. The first-order chi connectivity index (χ1) is 16.6. The summed E-state index contributed by atoms with van der Waals surface area (Å²) < 4.78 is 43.5. The van der Waals surface area contributed by atoms with Crippen LogP contribution in [-0.2, 0) is 14.3 Å². The van der Waals surface area contributed by atoms with Crippen LogP contribution in [-0.4, -0.2) is 47.9 Å². The Bertz CT molecular complexity index is 1070. The Morgan fingerprint density at radius 3 is 2.03 bits per heavy atom. The fourth-order valence-electron chi connectivity index (χ4n) is 4.40. The molecular formula is C25H25F3N2O5. The van der Waals surface area contributed by atoms with Crippen LogP contribution in [0.15, 0.2) is 48.5 Å². The molecule has 1 saturated carbocycles. The summed E-state index contributed by atoms with van der Waals surface area (Å²) in [7, 11) is 0. The van der Waals surface area contributed by atoms with Crippen molar-refractivity contribution in [1.82, 2.24) is 10.6 Å². The number of hydrogen-bond acceptors (Lipinski definition) is 4. The minimum atomic E-state index is -4.78. The number of ether oxygens (including phenoxy) is 1. The topological polar surface area (TPSA) is 105 Å². The SMILES string of the molecule is O=C(N[C@@H](CC1CC1)C(=O)NC(CC(F)(F)F)C(=O)O)OCC1c2ccccc2-c2ccccc21. The number of carboxylic acid groups (broad SMARTS) is 1. The number of alkyl carbamates (subject to hydrolysis) is 1. The second-order valence-electron chi connectivity index (χ2n) is 8.92. The van der Waals surface area contributed by atoms with Crippen LogP contribution in [0, 0.1) is 5.92 Å². The zero-order valence-electron chi connectivity index (χ0n) is 18.7. The van der Waals surface area contributed by atoms with Crippen molar-refractivity contribution in [3.05, 3.63) is 59.7 Å². The number of carbonyl (C=O) groups excluding carboxylic acids is 2. The maximum atomic E-state index is 12.7. The monoisotopic (exact) mass is 490 g/mol. The van der Waals surface area contributed by atoms with Gasteiger partial charge in [-0.3, -0.25) is 4.79 Å². The molecule has 7 nitrogen and oxygen atoms in total. The van der Waals surface area contributed by atoms with E-state index in [0.29, 0.717) is 0 Å². The molecule has 2 aliphatic rings. The number of halogens is 3. The standard InChI is InChI=1S/C25H25F3N2O5/c26-25(27,28)12-21(23(32)33)29-22(31)20(11-14-9-10-14)30-24(34)35-13-19-17-7-3-1-5-15(17)16-6-2-4-8-18(16)19/h1-8,14,19-21H,9-13H2,(H,29,31)(H,30,34)(H,32,33)/t20-,21?/m0/s1. The minimum absolute atomic E-state index is 0.00342. The van der Waals surface area contributed by atoms with Crippen molar-refractivity contribution >= 4 is 18.0 Å². The Hall–Kier alpha value is -3.56. The lowest BCUT2D eigenvalue weighted by Crippen LogP contribution is -2.52. The number of carboxylic acids is 1. The van der Waals surface area contributed by atoms with Crippen molar-refractivity contribution in [3.63, 3.8) is 0 Å². The van der Waals surface area contributed by atoms with E-state index in [-0.39, 0.29) is 24.9 Å². The Morgan fingerprint density at radius 2 is 1.51 bits per heavy atom. The number of rotatable bonds is 9. The zero-order chi connectivity index (χ0) is 25.2. The molecule has 1 fully saturated rings. The number of benzene rings is 2. The van der Waals surface area contributed by atoms with E-state index in [1.807, 2.05) is 53.8 Å². The molecule has 2 aliphatic carbocycles. The van der Waals surface area contributed by atoms with Crippen LogP contribution in [0.25, 0.3) is 11.1 Å². The summed E-state index contributed by atoms with van der Waals surface area (Å²) in [5.74, 6) is -2.86. The van der Waals surface area contributed by atoms with Gasteiger partial charge in [0, 0.05) is 5.92 Å². The quantitative estimate of drug-likeness (QED) is 0.488. The largest absolute Gasteiger partial charge is 0.480 e. The van der Waals surface area contributed by atoms with Gasteiger partial charge in [0.05, 0.1) is 6.42 Å². The number of nitrogens with one attached hydrogen (secondary N) is 2. The number of hydrogen-bond donors (Lipinski definition) is 3. The molecule has 0 bridgehead atoms. The van der Waals surface area contributed by atoms with Crippen LogP contribution in [0.4, 0.5) is 18.0 Å². The smallest absolute Gasteiger partial charge is 0.407 e. The summed E-state index contributed by atoms with van der Waals surface area (Å²) in [6, 6.07) is 12.2. The van der Waals surface area contributed by atoms with Crippen LogP contribution >= 0.6 is 0 Å². The summed E-state index contributed by atoms with van der Waals surface area (Å²) in [6.07, 6.45) is -5.55. The Balaban J connectivity index is 1.40. The number of alkyl halides is 3. The van der Waals surface area contributed by atoms with Crippen LogP contribution in [0.3, 0.4) is 0 Å². The number of aliphatic carboxylic acids is 1. The maximum absolute atomic E-state index is 12.7. The van der Waals surface area contributed by atoms with Gasteiger partial charge in [0.1, 0.15) is 18.7 Å². The first kappa shape index (κ1) is 24.6. The normalized spacial score (nSPS) is 16.5. The van der Waals surface area contributed by atoms with Crippen LogP contribution in [0.2, 0.25) is 0 Å². The lowest BCUT2D eigenvalue weighted by Gasteiger charge is -2.22. The van der Waals surface area contributed by atoms with Gasteiger partial charge >= 0.3 is 18.2 Å². The van der Waals surface area contributed by atoms with Crippen LogP contribution in [0.1, 0.15) is 42.7 Å². The van der Waals surface area contributed by atoms with Gasteiger partial charge < -0.3 is 20.5 Å². The van der Waals surface area contributed by atoms with Crippen molar-refractivity contribution in [3.8, 4) is 11.1 Å². The molecule has 0 heterocycles. The summed E-state index contributed by atoms with van der Waals surface area (Å²) >= 11 is 0. The molecule has 2 aromatic carbocycles. The molecular weight excluding hydrogens is 465 g/mol. The molecule has 35 heavy (non-hydrogen) atoms. The van der Waals surface area contributed by atoms with Crippen LogP contribution in [0.5, 0.6) is 0 Å². The van der Waals surface area contributed by atoms with Gasteiger partial charge in [0.25, 0.3) is 0 Å². The first-order valence-corrected chi connectivity index (χ1v) is 11.3. The summed E-state index contributed by atoms with van der Waals surface area (Å²) in [6.45, 7) is 0.00342. The average Bonchev–Trinajstić information content (AvgIpc) is 3.56. The molecule has 0 spiro atoms. The molecule has 0 aromatic heterocycles. The molecule has 3 N–H and O–H groups in total. The van der Waals surface area contributed by atoms with Crippen molar-refractivity contribution in [1.29, 1.82) is 0 Å². The molecule has 4 rings (SSSR count). The number of carbonyl (C=O) groups is 3. The highest BCUT2D eigenvalue weighted by Gasteiger charge is 2.39. The van der Waals surface area contributed by atoms with E-state index in [1.54, 1.807) is 0 Å². The Kier molecular flexibility index (Phi) is 7.00. The van der Waals surface area contributed by atoms with Gasteiger partial charge in [0.15, 0.2) is 0 Å². The Morgan fingerprint density at radius 1 is 0.943 bits per heavy atom. The van der Waals surface area contributed by atoms with Crippen molar-refractivity contribution in [2.75, 3.05) is 6.61 Å². The molecule has 0 radical (unpaired) electrons. The highest BCUT2D eigenvalue weighted by Crippen LogP contribution is 2.44. The lowest BCUT2D eigenvalue weighted by atomic mass is 9.98. The van der Waals surface area contributed by atoms with Gasteiger partial charge in [0.2, 0.25) is 5.91 Å². The van der Waals surface area contributed by atoms with Gasteiger partial charge in [-0.15, -0.1) is 0 Å². The van der Waals surface area contributed by atoms with Crippen molar-refractivity contribution in [2.45, 2.75) is 49.9 Å². The van der Waals surface area contributed by atoms with E-state index < -0.39 is 42.7 Å². The van der Waals surface area contributed by atoms with E-state index >= 15 is 0 Å². The minimum Gasteiger partial charge on any atom is -0.480 e. The summed E-state index contributed by atoms with van der Waals surface area (Å²) in [4.78, 5) is 36.4. The zero-order valence-corrected chi connectivity index (χ0v) is 18.7. The predicted molar refractivity (Wildman–Crippen MR) is 120 cm³/mol. The third-order valence-corrected chi connectivity index (χ3v) is 6.27. The first-order valence-electron chi connectivity index (χ1n) is 11.3. The highest BCUT2D eigenvalue weighted by molar-refractivity contribution is 5.89. The predicted octanol–water partition coefficient (Wildman–Crippen LogP) is 4.22. The van der Waals surface area contributed by atoms with E-state index in [1.165, 1.54) is 0 Å². The van der Waals surface area contributed by atoms with Gasteiger partial charge in [-0.25, -0.2) is 9.59 Å². The van der Waals surface area contributed by atoms with E-state index in [0.717, 1.165) is 35.1 Å². The van der Waals surface area contributed by atoms with Crippen molar-refractivity contribution in [2.24, 2.45) is 5.92 Å². The molecule has 186 valence electrons. The molecule has 1 unspecified atom stereocenters. The fraction of sp³-hybridized carbons (Fsp3) is 0.400. The average molecular weight is 490 g/mol. The molecule has 2 atom stereocenters. The summed E-state index contributed by atoms with van der Waals surface area (Å²) in [5.41, 5.74) is 4.11. The molecule has 0 aliphatic heterocycles. The third kappa shape index (κ3) is 6.12. The molecule has 0 saturated heterocycles. The van der Waals surface area contributed by atoms with Crippen molar-refractivity contribution < 1.29 is 37.4 Å². The van der Waals surface area contributed by atoms with E-state index in [9.17, 15) is 27.6 Å². The second-order valence-corrected chi connectivity index (χ2v) is 8.92. The van der Waals surface area contributed by atoms with E-state index in [2.05, 4.69) is 5.32 Å². The van der Waals surface area contributed by atoms with Gasteiger partial charge in [-0.05, 0) is 34.6 Å². The molecule has 2 aromatic rings. The summed E-state index contributed by atoms with van der Waals surface area (Å²) in [5, 5.41) is 13.4. The lowest BCUT2D eigenvalue weighted by molar-refractivity contribution is -0.160. The van der Waals surface area contributed by atoms with Gasteiger partial charge in [-0.1, -0.05) is 61.4 Å². The Labute approximate surface area is 199 Å². The van der Waals surface area contributed by atoms with Crippen LogP contribution < -0.4 is 10.6 Å². The highest BCUT2D eigenvalue weighted by atomic mass is 19.4. The van der Waals surface area contributed by atoms with E-state index in [4.69, 9.17) is 9.84 Å². The second kappa shape index (κ2) is 9.97. The number of amides is 2. The molecule has 2 amide bonds. The molecule has 10 heteroatoms.